The predicted octanol–water partition coefficient (Wildman–Crippen LogP) is 2.32. The largest absolute Gasteiger partial charge is 0.354 e. The first-order chi connectivity index (χ1) is 13.4. The van der Waals surface area contributed by atoms with Crippen molar-refractivity contribution in [2.75, 3.05) is 32.7 Å². The van der Waals surface area contributed by atoms with Crippen molar-refractivity contribution in [3.8, 4) is 0 Å². The summed E-state index contributed by atoms with van der Waals surface area (Å²) in [6, 6.07) is 8.86. The number of hydrogen-bond donors (Lipinski definition) is 1. The Kier molecular flexibility index (Phi) is 7.12. The lowest BCUT2D eigenvalue weighted by Crippen LogP contribution is -2.48. The smallest absolute Gasteiger partial charge is 0.243 e. The first-order valence-corrected chi connectivity index (χ1v) is 11.9. The first-order valence-electron chi connectivity index (χ1n) is 10.4. The minimum Gasteiger partial charge on any atom is -0.354 e. The van der Waals surface area contributed by atoms with Gasteiger partial charge in [0.15, 0.2) is 0 Å². The van der Waals surface area contributed by atoms with Crippen molar-refractivity contribution in [3.05, 3.63) is 30.3 Å². The maximum absolute atomic E-state index is 12.7. The Hall–Kier alpha value is -1.44. The van der Waals surface area contributed by atoms with Gasteiger partial charge in [0.1, 0.15) is 0 Å². The second-order valence-electron chi connectivity index (χ2n) is 8.30. The molecule has 0 bridgehead atoms. The van der Waals surface area contributed by atoms with Gasteiger partial charge in [-0.3, -0.25) is 9.69 Å². The number of sulfonamides is 1. The van der Waals surface area contributed by atoms with Crippen LogP contribution in [0.3, 0.4) is 0 Å². The molecule has 1 amide bonds. The van der Waals surface area contributed by atoms with E-state index < -0.39 is 10.0 Å². The molecule has 6 nitrogen and oxygen atoms in total. The Morgan fingerprint density at radius 1 is 1.07 bits per heavy atom. The minimum atomic E-state index is -3.46. The lowest BCUT2D eigenvalue weighted by Gasteiger charge is -2.35. The zero-order chi connectivity index (χ0) is 20.1. The van der Waals surface area contributed by atoms with Crippen molar-refractivity contribution < 1.29 is 13.2 Å². The lowest BCUT2D eigenvalue weighted by atomic mass is 9.96. The Morgan fingerprint density at radius 2 is 1.68 bits per heavy atom. The van der Waals surface area contributed by atoms with Crippen LogP contribution in [0.1, 0.15) is 39.5 Å². The molecule has 0 aromatic heterocycles. The van der Waals surface area contributed by atoms with E-state index in [2.05, 4.69) is 24.1 Å². The molecule has 0 saturated carbocycles. The number of benzene rings is 1. The van der Waals surface area contributed by atoms with Gasteiger partial charge in [0.05, 0.1) is 4.90 Å². The highest BCUT2D eigenvalue weighted by molar-refractivity contribution is 7.89. The molecule has 7 heteroatoms. The summed E-state index contributed by atoms with van der Waals surface area (Å²) in [5.41, 5.74) is 0. The third-order valence-electron chi connectivity index (χ3n) is 6.22. The predicted molar refractivity (Wildman–Crippen MR) is 110 cm³/mol. The zero-order valence-corrected chi connectivity index (χ0v) is 17.8. The van der Waals surface area contributed by atoms with E-state index >= 15 is 0 Å². The second-order valence-corrected chi connectivity index (χ2v) is 10.2. The van der Waals surface area contributed by atoms with Gasteiger partial charge in [0.2, 0.25) is 15.9 Å². The molecule has 0 aliphatic carbocycles. The summed E-state index contributed by atoms with van der Waals surface area (Å²) in [5, 5.41) is 3.10. The average Bonchev–Trinajstić information content (AvgIpc) is 2.73. The molecule has 28 heavy (non-hydrogen) atoms. The Labute approximate surface area is 169 Å². The molecular weight excluding hydrogens is 374 g/mol. The number of amides is 1. The van der Waals surface area contributed by atoms with Crippen molar-refractivity contribution in [1.82, 2.24) is 14.5 Å². The van der Waals surface area contributed by atoms with Crippen LogP contribution in [-0.4, -0.2) is 62.3 Å². The fraction of sp³-hybridized carbons (Fsp3) is 0.667. The van der Waals surface area contributed by atoms with E-state index in [0.717, 1.165) is 19.0 Å². The van der Waals surface area contributed by atoms with Crippen molar-refractivity contribution in [2.45, 2.75) is 50.5 Å². The molecular formula is C21H33N3O3S. The quantitative estimate of drug-likeness (QED) is 0.786. The number of likely N-dealkylation sites (tertiary alicyclic amines) is 1. The molecule has 2 fully saturated rings. The molecule has 0 spiro atoms. The zero-order valence-electron chi connectivity index (χ0n) is 17.0. The highest BCUT2D eigenvalue weighted by Crippen LogP contribution is 2.24. The topological polar surface area (TPSA) is 69.7 Å². The summed E-state index contributed by atoms with van der Waals surface area (Å²) in [7, 11) is -3.46. The van der Waals surface area contributed by atoms with Gasteiger partial charge in [-0.2, -0.15) is 4.31 Å². The summed E-state index contributed by atoms with van der Waals surface area (Å²) >= 11 is 0. The molecule has 1 aromatic rings. The molecule has 2 aliphatic rings. The molecule has 156 valence electrons. The number of hydrogen-bond acceptors (Lipinski definition) is 4. The molecule has 1 atom stereocenters. The van der Waals surface area contributed by atoms with Crippen LogP contribution in [0.5, 0.6) is 0 Å². The number of carbonyl (C=O) groups is 1. The van der Waals surface area contributed by atoms with E-state index in [4.69, 9.17) is 0 Å². The van der Waals surface area contributed by atoms with Crippen LogP contribution in [0.15, 0.2) is 35.2 Å². The lowest BCUT2D eigenvalue weighted by molar-refractivity contribution is -0.126. The van der Waals surface area contributed by atoms with E-state index in [1.165, 1.54) is 17.1 Å². The van der Waals surface area contributed by atoms with Crippen LogP contribution >= 0.6 is 0 Å². The number of carbonyl (C=O) groups excluding carboxylic acids is 1. The van der Waals surface area contributed by atoms with Crippen LogP contribution in [-0.2, 0) is 14.8 Å². The van der Waals surface area contributed by atoms with Gasteiger partial charge in [0, 0.05) is 31.6 Å². The molecule has 2 saturated heterocycles. The van der Waals surface area contributed by atoms with Gasteiger partial charge in [-0.25, -0.2) is 8.42 Å². The SMILES string of the molecule is CC1CCN(C(C)CNC(=O)C2CCN(S(=O)(=O)c3ccccc3)CC2)CC1. The molecule has 0 radical (unpaired) electrons. The molecule has 1 N–H and O–H groups in total. The monoisotopic (exact) mass is 407 g/mol. The number of nitrogens with zero attached hydrogens (tertiary/aromatic N) is 2. The summed E-state index contributed by atoms with van der Waals surface area (Å²) in [5.74, 6) is 0.764. The van der Waals surface area contributed by atoms with Crippen molar-refractivity contribution in [2.24, 2.45) is 11.8 Å². The third kappa shape index (κ3) is 5.13. The van der Waals surface area contributed by atoms with E-state index in [0.29, 0.717) is 43.4 Å². The third-order valence-corrected chi connectivity index (χ3v) is 8.13. The summed E-state index contributed by atoms with van der Waals surface area (Å²) in [6.07, 6.45) is 3.61. The maximum atomic E-state index is 12.7. The normalized spacial score (nSPS) is 22.1. The van der Waals surface area contributed by atoms with Crippen molar-refractivity contribution in [1.29, 1.82) is 0 Å². The van der Waals surface area contributed by atoms with E-state index in [-0.39, 0.29) is 11.8 Å². The van der Waals surface area contributed by atoms with Gasteiger partial charge in [-0.1, -0.05) is 25.1 Å². The van der Waals surface area contributed by atoms with Gasteiger partial charge in [0.25, 0.3) is 0 Å². The van der Waals surface area contributed by atoms with E-state index in [1.54, 1.807) is 30.3 Å². The molecule has 1 unspecified atom stereocenters. The number of nitrogens with one attached hydrogen (secondary N) is 1. The number of piperidine rings is 2. The summed E-state index contributed by atoms with van der Waals surface area (Å²) in [6.45, 7) is 8.14. The fourth-order valence-corrected chi connectivity index (χ4v) is 5.58. The van der Waals surface area contributed by atoms with Gasteiger partial charge >= 0.3 is 0 Å². The first kappa shape index (κ1) is 21.3. The summed E-state index contributed by atoms with van der Waals surface area (Å²) in [4.78, 5) is 15.3. The van der Waals surface area contributed by atoms with Crippen LogP contribution in [0.25, 0.3) is 0 Å². The Bertz CT molecular complexity index is 737. The molecule has 2 aliphatic heterocycles. The van der Waals surface area contributed by atoms with Crippen LogP contribution in [0.2, 0.25) is 0 Å². The fourth-order valence-electron chi connectivity index (χ4n) is 4.09. The molecule has 3 rings (SSSR count). The molecule has 2 heterocycles. The highest BCUT2D eigenvalue weighted by atomic mass is 32.2. The second kappa shape index (κ2) is 9.37. The van der Waals surface area contributed by atoms with E-state index in [1.807, 2.05) is 0 Å². The summed E-state index contributed by atoms with van der Waals surface area (Å²) < 4.78 is 26.9. The van der Waals surface area contributed by atoms with Gasteiger partial charge in [-0.15, -0.1) is 0 Å². The maximum Gasteiger partial charge on any atom is 0.243 e. The van der Waals surface area contributed by atoms with E-state index in [9.17, 15) is 13.2 Å². The average molecular weight is 408 g/mol. The minimum absolute atomic E-state index is 0.0639. The van der Waals surface area contributed by atoms with Gasteiger partial charge < -0.3 is 5.32 Å². The Morgan fingerprint density at radius 3 is 2.29 bits per heavy atom. The van der Waals surface area contributed by atoms with Crippen molar-refractivity contribution >= 4 is 15.9 Å². The standard InChI is InChI=1S/C21H33N3O3S/c1-17-8-12-23(13-9-17)18(2)16-22-21(25)19-10-14-24(15-11-19)28(26,27)20-6-4-3-5-7-20/h3-7,17-19H,8-16H2,1-2H3,(H,22,25). The van der Waals surface area contributed by atoms with Crippen LogP contribution < -0.4 is 5.32 Å². The number of rotatable bonds is 6. The van der Waals surface area contributed by atoms with Crippen LogP contribution in [0, 0.1) is 11.8 Å². The van der Waals surface area contributed by atoms with Crippen molar-refractivity contribution in [3.63, 3.8) is 0 Å². The van der Waals surface area contributed by atoms with Gasteiger partial charge in [-0.05, 0) is 63.7 Å². The Balaban J connectivity index is 1.45. The molecule has 1 aromatic carbocycles. The highest BCUT2D eigenvalue weighted by Gasteiger charge is 2.32. The van der Waals surface area contributed by atoms with Crippen LogP contribution in [0.4, 0.5) is 0 Å².